The molecule has 0 unspecified atom stereocenters. The predicted octanol–water partition coefficient (Wildman–Crippen LogP) is 5.02. The van der Waals surface area contributed by atoms with Crippen LogP contribution < -0.4 is 38.5 Å². The van der Waals surface area contributed by atoms with Crippen molar-refractivity contribution in [1.29, 1.82) is 0 Å². The van der Waals surface area contributed by atoms with Crippen LogP contribution >= 0.6 is 0 Å². The predicted molar refractivity (Wildman–Crippen MR) is 278 cm³/mol. The van der Waals surface area contributed by atoms with Crippen molar-refractivity contribution in [2.24, 2.45) is 29.0 Å². The molecule has 1 aliphatic carbocycles. The van der Waals surface area contributed by atoms with E-state index in [1.807, 2.05) is 91.0 Å². The molecule has 1 fully saturated rings. The zero-order valence-corrected chi connectivity index (χ0v) is 41.4. The monoisotopic (exact) mass is 982 g/mol. The lowest BCUT2D eigenvalue weighted by atomic mass is 9.89. The Kier molecular flexibility index (Phi) is 20.5. The molecule has 0 bridgehead atoms. The maximum absolute atomic E-state index is 14.8. The van der Waals surface area contributed by atoms with Gasteiger partial charge in [-0.3, -0.25) is 38.4 Å². The number of primary amides is 1. The summed E-state index contributed by atoms with van der Waals surface area (Å²) in [7, 11) is 0. The Morgan fingerprint density at radius 2 is 1.33 bits per heavy atom. The highest BCUT2D eigenvalue weighted by atomic mass is 16.2. The second-order valence-electron chi connectivity index (χ2n) is 19.5. The molecule has 4 aromatic rings. The summed E-state index contributed by atoms with van der Waals surface area (Å²) in [6, 6.07) is 25.1. The molecule has 4 aromatic carbocycles. The number of carbonyl (C=O) groups is 8. The number of hydrogen-bond donors (Lipinski definition) is 7. The van der Waals surface area contributed by atoms with Gasteiger partial charge in [-0.25, -0.2) is 0 Å². The van der Waals surface area contributed by atoms with Crippen LogP contribution in [0.25, 0.3) is 16.3 Å². The molecule has 72 heavy (non-hydrogen) atoms. The fraction of sp³-hybridized carbons (Fsp3) is 0.439. The number of Topliss-reactive ketones (excluding diaryl/α,β-unsaturated/α-hetero) is 3. The summed E-state index contributed by atoms with van der Waals surface area (Å²) in [5, 5.41) is 13.4. The maximum atomic E-state index is 14.8. The van der Waals surface area contributed by atoms with Crippen molar-refractivity contribution in [2.45, 2.75) is 140 Å². The van der Waals surface area contributed by atoms with E-state index in [1.54, 1.807) is 19.1 Å². The average molecular weight is 982 g/mol. The summed E-state index contributed by atoms with van der Waals surface area (Å²) in [4.78, 5) is 112. The smallest absolute Gasteiger partial charge is 0.243 e. The van der Waals surface area contributed by atoms with Gasteiger partial charge in [-0.15, -0.1) is 0 Å². The summed E-state index contributed by atoms with van der Waals surface area (Å²) in [5.41, 5.74) is 22.1. The quantitative estimate of drug-likeness (QED) is 0.0880. The molecule has 15 nitrogen and oxygen atoms in total. The van der Waals surface area contributed by atoms with Crippen LogP contribution in [-0.2, 0) is 57.6 Å². The highest BCUT2D eigenvalue weighted by Gasteiger charge is 2.35. The number of benzene rings is 4. The number of hydrogen-bond acceptors (Lipinski definition) is 10. The molecule has 15 heteroatoms. The first-order valence-corrected chi connectivity index (χ1v) is 25.5. The largest absolute Gasteiger partial charge is 0.368 e. The number of nitrogens with one attached hydrogen (secondary N) is 4. The molecule has 5 amide bonds. The first-order chi connectivity index (χ1) is 34.7. The minimum absolute atomic E-state index is 0.00896. The van der Waals surface area contributed by atoms with Crippen LogP contribution in [0.1, 0.15) is 113 Å². The summed E-state index contributed by atoms with van der Waals surface area (Å²) < 4.78 is 0. The van der Waals surface area contributed by atoms with E-state index >= 15 is 0 Å². The highest BCUT2D eigenvalue weighted by molar-refractivity contribution is 5.98. The van der Waals surface area contributed by atoms with Crippen LogP contribution in [0.4, 0.5) is 0 Å². The molecule has 0 radical (unpaired) electrons. The molecule has 10 N–H and O–H groups in total. The van der Waals surface area contributed by atoms with Gasteiger partial charge in [-0.1, -0.05) is 123 Å². The number of unbranched alkanes of at least 4 members (excludes halogenated alkanes) is 1. The number of nitrogens with two attached hydrogens (primary N) is 3. The van der Waals surface area contributed by atoms with Gasteiger partial charge in [0.05, 0.1) is 18.1 Å². The fourth-order valence-electron chi connectivity index (χ4n) is 9.55. The van der Waals surface area contributed by atoms with E-state index in [0.29, 0.717) is 51.5 Å². The SMILES string of the molecule is C[C@@H]1CC(=O)[C@@H](Cc2ccc3ccccc3c2)NC(=O)[C@H](N)CCCCCC(=O)CC[C@@H](C(=O)N[C@@H](CCCCN)C(N)=O)CC(=O)[C@@H](Cc2ccccc2)NC(=O)[C@H](CC2=CCc3ccccc32)NC1=O. The minimum atomic E-state index is -1.21. The van der Waals surface area contributed by atoms with Crippen molar-refractivity contribution in [3.8, 4) is 0 Å². The third-order valence-electron chi connectivity index (χ3n) is 13.9. The van der Waals surface area contributed by atoms with Crippen molar-refractivity contribution >= 4 is 63.2 Å². The van der Waals surface area contributed by atoms with Crippen molar-refractivity contribution < 1.29 is 38.4 Å². The number of fused-ring (bicyclic) bond motifs is 2. The lowest BCUT2D eigenvalue weighted by Crippen LogP contribution is -2.54. The highest BCUT2D eigenvalue weighted by Crippen LogP contribution is 2.31. The summed E-state index contributed by atoms with van der Waals surface area (Å²) in [6.45, 7) is 1.98. The van der Waals surface area contributed by atoms with Crippen LogP contribution in [0.15, 0.2) is 103 Å². The van der Waals surface area contributed by atoms with Crippen LogP contribution in [0.3, 0.4) is 0 Å². The fourth-order valence-corrected chi connectivity index (χ4v) is 9.55. The summed E-state index contributed by atoms with van der Waals surface area (Å²) >= 11 is 0. The van der Waals surface area contributed by atoms with E-state index in [0.717, 1.165) is 38.6 Å². The minimum Gasteiger partial charge on any atom is -0.368 e. The Morgan fingerprint density at radius 1 is 0.667 bits per heavy atom. The number of ketones is 3. The molecule has 1 saturated heterocycles. The molecular weight excluding hydrogens is 911 g/mol. The standard InChI is InChI=1S/C57H71N7O8/c1-36-30-51(66)49(33-38-23-24-39-16-8-9-18-41(39)31-38)62-56(71)46(59)21-7-3-6-19-44(65)28-27-43(55(70)61-47(53(60)68)22-12-13-29-58)35-52(67)48(32-37-14-4-2-5-15-37)63-57(72)50(64-54(36)69)34-42-26-25-40-17-10-11-20-45(40)42/h2,4-5,8-11,14-18,20,23-24,26,31,36,43,46-50H,3,6-7,12-13,19,21-22,25,27-30,32-35,58-59H2,1H3,(H2,60,68)(H,61,70)(H,62,71)(H,63,72)(H,64,69)/t36-,43-,46-,47+,48-,49-,50+/m1/s1. The molecule has 2 aliphatic rings. The molecule has 1 heterocycles. The zero-order chi connectivity index (χ0) is 51.6. The Labute approximate surface area is 422 Å². The summed E-state index contributed by atoms with van der Waals surface area (Å²) in [6.07, 6.45) is 5.64. The Balaban J connectivity index is 1.31. The van der Waals surface area contributed by atoms with Crippen LogP contribution in [0, 0.1) is 11.8 Å². The number of amides is 5. The number of carbonyl (C=O) groups excluding carboxylic acids is 8. The normalized spacial score (nSPS) is 22.9. The van der Waals surface area contributed by atoms with Gasteiger partial charge in [0.2, 0.25) is 29.5 Å². The van der Waals surface area contributed by atoms with E-state index in [2.05, 4.69) is 21.3 Å². The van der Waals surface area contributed by atoms with Gasteiger partial charge in [-0.05, 0) is 103 Å². The lowest BCUT2D eigenvalue weighted by Gasteiger charge is -2.27. The second kappa shape index (κ2) is 27.1. The van der Waals surface area contributed by atoms with Crippen LogP contribution in [0.5, 0.6) is 0 Å². The van der Waals surface area contributed by atoms with E-state index in [1.165, 1.54) is 0 Å². The van der Waals surface area contributed by atoms with Crippen LogP contribution in [0.2, 0.25) is 0 Å². The lowest BCUT2D eigenvalue weighted by molar-refractivity contribution is -0.135. The molecule has 1 aliphatic heterocycles. The third kappa shape index (κ3) is 16.1. The maximum Gasteiger partial charge on any atom is 0.243 e. The first-order valence-electron chi connectivity index (χ1n) is 25.5. The van der Waals surface area contributed by atoms with Crippen molar-refractivity contribution in [2.75, 3.05) is 6.54 Å². The van der Waals surface area contributed by atoms with Crippen molar-refractivity contribution in [3.63, 3.8) is 0 Å². The topological polar surface area (TPSA) is 263 Å². The molecule has 0 spiro atoms. The molecule has 0 saturated carbocycles. The van der Waals surface area contributed by atoms with E-state index in [9.17, 15) is 38.4 Å². The third-order valence-corrected chi connectivity index (χ3v) is 13.9. The Bertz CT molecular complexity index is 2600. The molecular formula is C57H71N7O8. The van der Waals surface area contributed by atoms with Gasteiger partial charge in [0.15, 0.2) is 11.6 Å². The average Bonchev–Trinajstić information content (AvgIpc) is 3.78. The summed E-state index contributed by atoms with van der Waals surface area (Å²) in [5.74, 6) is -6.14. The zero-order valence-electron chi connectivity index (χ0n) is 41.4. The van der Waals surface area contributed by atoms with Gasteiger partial charge in [0.1, 0.15) is 17.9 Å². The molecule has 7 atom stereocenters. The number of rotatable bonds is 13. The van der Waals surface area contributed by atoms with E-state index < -0.39 is 83.1 Å². The molecule has 382 valence electrons. The molecule has 6 rings (SSSR count). The van der Waals surface area contributed by atoms with Gasteiger partial charge >= 0.3 is 0 Å². The van der Waals surface area contributed by atoms with Gasteiger partial charge in [0, 0.05) is 43.9 Å². The Hall–Kier alpha value is -6.84. The van der Waals surface area contributed by atoms with Crippen molar-refractivity contribution in [3.05, 3.63) is 125 Å². The first kappa shape index (κ1) is 54.5. The Morgan fingerprint density at radius 3 is 2.08 bits per heavy atom. The van der Waals surface area contributed by atoms with E-state index in [-0.39, 0.29) is 63.6 Å². The molecule has 0 aromatic heterocycles. The number of allylic oxidation sites excluding steroid dienone is 1. The van der Waals surface area contributed by atoms with Gasteiger partial charge in [0.25, 0.3) is 0 Å². The van der Waals surface area contributed by atoms with Gasteiger partial charge < -0.3 is 38.5 Å². The second-order valence-corrected chi connectivity index (χ2v) is 19.5. The van der Waals surface area contributed by atoms with Crippen LogP contribution in [-0.4, -0.2) is 83.6 Å². The van der Waals surface area contributed by atoms with Gasteiger partial charge in [-0.2, -0.15) is 0 Å². The van der Waals surface area contributed by atoms with E-state index in [4.69, 9.17) is 17.2 Å². The van der Waals surface area contributed by atoms with Crippen molar-refractivity contribution in [1.82, 2.24) is 21.3 Å².